The van der Waals surface area contributed by atoms with Crippen molar-refractivity contribution in [2.24, 2.45) is 0 Å². The fourth-order valence-corrected chi connectivity index (χ4v) is 4.91. The van der Waals surface area contributed by atoms with Crippen molar-refractivity contribution in [3.8, 4) is 0 Å². The Balaban J connectivity index is 1.67. The summed E-state index contributed by atoms with van der Waals surface area (Å²) in [4.78, 5) is 0. The molecule has 0 aromatic heterocycles. The van der Waals surface area contributed by atoms with E-state index in [0.717, 1.165) is 24.6 Å². The summed E-state index contributed by atoms with van der Waals surface area (Å²) in [5.74, 6) is 3.89. The Kier molecular flexibility index (Phi) is 5.14. The van der Waals surface area contributed by atoms with Gasteiger partial charge in [0.1, 0.15) is 0 Å². The lowest BCUT2D eigenvalue weighted by Gasteiger charge is -2.30. The maximum Gasteiger partial charge on any atom is 0.0693 e. The van der Waals surface area contributed by atoms with E-state index in [1.54, 1.807) is 0 Å². The van der Waals surface area contributed by atoms with Gasteiger partial charge >= 0.3 is 0 Å². The Morgan fingerprint density at radius 3 is 2.80 bits per heavy atom. The summed E-state index contributed by atoms with van der Waals surface area (Å²) < 4.78 is 0. The molecule has 2 fully saturated rings. The number of thioether (sulfide) groups is 2. The van der Waals surface area contributed by atoms with Gasteiger partial charge in [0.25, 0.3) is 0 Å². The summed E-state index contributed by atoms with van der Waals surface area (Å²) in [5, 5.41) is 14.1. The van der Waals surface area contributed by atoms with Crippen molar-refractivity contribution >= 4 is 23.5 Å². The van der Waals surface area contributed by atoms with Gasteiger partial charge in [-0.3, -0.25) is 0 Å². The molecule has 2 rings (SSSR count). The summed E-state index contributed by atoms with van der Waals surface area (Å²) in [5.41, 5.74) is 0. The third-order valence-electron chi connectivity index (χ3n) is 3.22. The van der Waals surface area contributed by atoms with Gasteiger partial charge in [0.15, 0.2) is 0 Å². The van der Waals surface area contributed by atoms with Crippen LogP contribution in [0.5, 0.6) is 0 Å². The van der Waals surface area contributed by atoms with E-state index in [9.17, 15) is 5.11 Å². The van der Waals surface area contributed by atoms with Crippen molar-refractivity contribution in [2.75, 3.05) is 23.8 Å². The van der Waals surface area contributed by atoms with Gasteiger partial charge in [-0.25, -0.2) is 0 Å². The van der Waals surface area contributed by atoms with E-state index in [0.29, 0.717) is 6.04 Å². The quantitative estimate of drug-likeness (QED) is 0.795. The van der Waals surface area contributed by atoms with Crippen molar-refractivity contribution in [1.82, 2.24) is 5.32 Å². The molecule has 1 heterocycles. The van der Waals surface area contributed by atoms with Crippen LogP contribution in [-0.4, -0.2) is 46.3 Å². The molecule has 0 aromatic rings. The van der Waals surface area contributed by atoms with Crippen LogP contribution in [0.2, 0.25) is 0 Å². The van der Waals surface area contributed by atoms with E-state index in [1.165, 1.54) is 30.1 Å². The Labute approximate surface area is 101 Å². The average molecular weight is 247 g/mol. The Bertz CT molecular complexity index is 185. The van der Waals surface area contributed by atoms with Gasteiger partial charge in [0.05, 0.1) is 6.10 Å². The fourth-order valence-electron chi connectivity index (χ4n) is 2.29. The highest BCUT2D eigenvalue weighted by Crippen LogP contribution is 2.24. The lowest BCUT2D eigenvalue weighted by Crippen LogP contribution is -2.45. The average Bonchev–Trinajstić information content (AvgIpc) is 2.29. The van der Waals surface area contributed by atoms with Crippen molar-refractivity contribution in [3.63, 3.8) is 0 Å². The molecule has 2 aliphatic rings. The molecule has 15 heavy (non-hydrogen) atoms. The molecule has 2 nitrogen and oxygen atoms in total. The minimum Gasteiger partial charge on any atom is -0.392 e. The maximum atomic E-state index is 9.82. The van der Waals surface area contributed by atoms with E-state index in [4.69, 9.17) is 0 Å². The number of aliphatic hydroxyl groups is 1. The molecule has 0 spiro atoms. The van der Waals surface area contributed by atoms with Gasteiger partial charge in [0.2, 0.25) is 0 Å². The number of nitrogens with one attached hydrogen (secondary N) is 1. The fraction of sp³-hybridized carbons (Fsp3) is 1.00. The number of aliphatic hydroxyl groups excluding tert-OH is 1. The Morgan fingerprint density at radius 2 is 2.07 bits per heavy atom. The highest BCUT2D eigenvalue weighted by Gasteiger charge is 2.23. The second-order valence-corrected chi connectivity index (χ2v) is 6.99. The zero-order valence-electron chi connectivity index (χ0n) is 9.15. The molecule has 0 radical (unpaired) electrons. The van der Waals surface area contributed by atoms with Gasteiger partial charge < -0.3 is 10.4 Å². The molecule has 1 aliphatic heterocycles. The third kappa shape index (κ3) is 3.84. The van der Waals surface area contributed by atoms with Gasteiger partial charge in [-0.15, -0.1) is 0 Å². The van der Waals surface area contributed by atoms with Crippen molar-refractivity contribution in [3.05, 3.63) is 0 Å². The Hall–Kier alpha value is 0.620. The SMILES string of the molecule is O[C@H]1CCCC[C@@H]1NCC1CSCCS1. The lowest BCUT2D eigenvalue weighted by atomic mass is 9.92. The van der Waals surface area contributed by atoms with Crippen LogP contribution < -0.4 is 5.32 Å². The van der Waals surface area contributed by atoms with Crippen LogP contribution in [0.1, 0.15) is 25.7 Å². The molecule has 88 valence electrons. The predicted molar refractivity (Wildman–Crippen MR) is 69.8 cm³/mol. The van der Waals surface area contributed by atoms with Crippen molar-refractivity contribution in [2.45, 2.75) is 43.1 Å². The number of hydrogen-bond donors (Lipinski definition) is 2. The van der Waals surface area contributed by atoms with Crippen LogP contribution in [0.3, 0.4) is 0 Å². The second kappa shape index (κ2) is 6.38. The minimum absolute atomic E-state index is 0.0972. The summed E-state index contributed by atoms with van der Waals surface area (Å²) >= 11 is 4.16. The van der Waals surface area contributed by atoms with Crippen molar-refractivity contribution < 1.29 is 5.11 Å². The molecule has 2 N–H and O–H groups in total. The van der Waals surface area contributed by atoms with Gasteiger partial charge in [-0.1, -0.05) is 12.8 Å². The maximum absolute atomic E-state index is 9.82. The van der Waals surface area contributed by atoms with Crippen LogP contribution in [0.15, 0.2) is 0 Å². The zero-order chi connectivity index (χ0) is 10.5. The predicted octanol–water partition coefficient (Wildman–Crippen LogP) is 1.73. The molecule has 0 amide bonds. The third-order valence-corrected chi connectivity index (χ3v) is 6.07. The second-order valence-electron chi connectivity index (χ2n) is 4.43. The van der Waals surface area contributed by atoms with E-state index >= 15 is 0 Å². The summed E-state index contributed by atoms with van der Waals surface area (Å²) in [6.45, 7) is 1.08. The first-order chi connectivity index (χ1) is 7.36. The smallest absolute Gasteiger partial charge is 0.0693 e. The van der Waals surface area contributed by atoms with Gasteiger partial charge in [0, 0.05) is 35.1 Å². The first-order valence-corrected chi connectivity index (χ1v) is 8.17. The van der Waals surface area contributed by atoms with E-state index in [2.05, 4.69) is 28.8 Å². The minimum atomic E-state index is -0.0972. The molecule has 4 heteroatoms. The Morgan fingerprint density at radius 1 is 1.20 bits per heavy atom. The number of hydrogen-bond acceptors (Lipinski definition) is 4. The highest BCUT2D eigenvalue weighted by molar-refractivity contribution is 8.06. The van der Waals surface area contributed by atoms with Crippen LogP contribution >= 0.6 is 23.5 Å². The van der Waals surface area contributed by atoms with Crippen molar-refractivity contribution in [1.29, 1.82) is 0 Å². The summed E-state index contributed by atoms with van der Waals surface area (Å²) in [6.07, 6.45) is 4.53. The standard InChI is InChI=1S/C11H21NOS2/c13-11-4-2-1-3-10(11)12-7-9-8-14-5-6-15-9/h9-13H,1-8H2/t9?,10-,11-/m0/s1. The largest absolute Gasteiger partial charge is 0.392 e. The molecule has 3 atom stereocenters. The van der Waals surface area contributed by atoms with Crippen LogP contribution in [-0.2, 0) is 0 Å². The van der Waals surface area contributed by atoms with E-state index in [1.807, 2.05) is 0 Å². The highest BCUT2D eigenvalue weighted by atomic mass is 32.2. The molecule has 1 aliphatic carbocycles. The summed E-state index contributed by atoms with van der Waals surface area (Å²) in [6, 6.07) is 0.367. The zero-order valence-corrected chi connectivity index (χ0v) is 10.8. The molecule has 0 bridgehead atoms. The molecule has 1 unspecified atom stereocenters. The molecule has 1 saturated heterocycles. The van der Waals surface area contributed by atoms with E-state index < -0.39 is 0 Å². The van der Waals surface area contributed by atoms with Gasteiger partial charge in [-0.05, 0) is 12.8 Å². The monoisotopic (exact) mass is 247 g/mol. The van der Waals surface area contributed by atoms with Crippen LogP contribution in [0.25, 0.3) is 0 Å². The topological polar surface area (TPSA) is 32.3 Å². The summed E-state index contributed by atoms with van der Waals surface area (Å²) in [7, 11) is 0. The molecule has 0 aromatic carbocycles. The first kappa shape index (κ1) is 12.1. The van der Waals surface area contributed by atoms with Crippen LogP contribution in [0.4, 0.5) is 0 Å². The van der Waals surface area contributed by atoms with E-state index in [-0.39, 0.29) is 6.10 Å². The van der Waals surface area contributed by atoms with Crippen LogP contribution in [0, 0.1) is 0 Å². The molecular weight excluding hydrogens is 226 g/mol. The molecular formula is C11H21NOS2. The lowest BCUT2D eigenvalue weighted by molar-refractivity contribution is 0.0915. The first-order valence-electron chi connectivity index (χ1n) is 5.97. The van der Waals surface area contributed by atoms with Gasteiger partial charge in [-0.2, -0.15) is 23.5 Å². The number of rotatable bonds is 3. The normalized spacial score (nSPS) is 37.8. The molecule has 1 saturated carbocycles.